The van der Waals surface area contributed by atoms with E-state index in [2.05, 4.69) is 5.32 Å². The maximum Gasteiger partial charge on any atom is 0.243 e. The first-order valence-corrected chi connectivity index (χ1v) is 12.9. The molecule has 3 aromatic carbocycles. The molecule has 4 nitrogen and oxygen atoms in total. The van der Waals surface area contributed by atoms with Crippen LogP contribution in [0.15, 0.2) is 83.8 Å². The highest BCUT2D eigenvalue weighted by atomic mass is 35.5. The van der Waals surface area contributed by atoms with E-state index in [9.17, 15) is 9.59 Å². The van der Waals surface area contributed by atoms with Gasteiger partial charge in [-0.2, -0.15) is 0 Å². The Kier molecular flexibility index (Phi) is 10.3. The minimum Gasteiger partial charge on any atom is -0.355 e. The van der Waals surface area contributed by atoms with Crippen LogP contribution < -0.4 is 5.32 Å². The summed E-state index contributed by atoms with van der Waals surface area (Å²) in [6.45, 7) is 2.63. The fourth-order valence-corrected chi connectivity index (χ4v) is 4.75. The van der Waals surface area contributed by atoms with Crippen LogP contribution in [0.5, 0.6) is 0 Å². The van der Waals surface area contributed by atoms with Gasteiger partial charge in [-0.15, -0.1) is 11.8 Å². The molecule has 0 saturated heterocycles. The smallest absolute Gasteiger partial charge is 0.243 e. The Hall–Kier alpha value is -2.47. The van der Waals surface area contributed by atoms with Crippen molar-refractivity contribution in [2.45, 2.75) is 37.2 Å². The molecular weight excluding hydrogens is 487 g/mol. The predicted molar refractivity (Wildman–Crippen MR) is 141 cm³/mol. The van der Waals surface area contributed by atoms with Crippen LogP contribution in [-0.2, 0) is 22.6 Å². The van der Waals surface area contributed by atoms with Gasteiger partial charge in [0.1, 0.15) is 6.04 Å². The molecule has 0 bridgehead atoms. The molecule has 0 radical (unpaired) electrons. The first-order chi connectivity index (χ1) is 16.5. The molecule has 1 atom stereocenters. The molecule has 0 aliphatic heterocycles. The molecular formula is C27H28Cl2N2O2S. The Morgan fingerprint density at radius 1 is 0.941 bits per heavy atom. The number of carbonyl (C=O) groups excluding carboxylic acids is 2. The SMILES string of the molecule is CCNC(=O)[C@@H](Cc1ccccc1)N(Cc1ccccc1Cl)C(=O)CCSc1ccc(Cl)cc1. The van der Waals surface area contributed by atoms with Crippen molar-refractivity contribution in [1.82, 2.24) is 10.2 Å². The summed E-state index contributed by atoms with van der Waals surface area (Å²) in [7, 11) is 0. The molecule has 0 aliphatic carbocycles. The minimum absolute atomic E-state index is 0.0893. The van der Waals surface area contributed by atoms with E-state index in [-0.39, 0.29) is 18.4 Å². The Labute approximate surface area is 215 Å². The molecule has 0 aliphatic rings. The van der Waals surface area contributed by atoms with Crippen LogP contribution in [0.3, 0.4) is 0 Å². The Balaban J connectivity index is 1.82. The summed E-state index contributed by atoms with van der Waals surface area (Å²) < 4.78 is 0. The van der Waals surface area contributed by atoms with Crippen molar-refractivity contribution in [3.63, 3.8) is 0 Å². The van der Waals surface area contributed by atoms with Crippen molar-refractivity contribution < 1.29 is 9.59 Å². The molecule has 3 aromatic rings. The standard InChI is InChI=1S/C27H28Cl2N2O2S/c1-2-30-27(33)25(18-20-8-4-3-5-9-20)31(19-21-10-6-7-11-24(21)29)26(32)16-17-34-23-14-12-22(28)13-15-23/h3-15,25H,2,16-19H2,1H3,(H,30,33)/t25-/m1/s1. The van der Waals surface area contributed by atoms with Crippen molar-refractivity contribution in [3.05, 3.63) is 100 Å². The highest BCUT2D eigenvalue weighted by Crippen LogP contribution is 2.24. The van der Waals surface area contributed by atoms with Crippen molar-refractivity contribution in [2.24, 2.45) is 0 Å². The molecule has 0 saturated carbocycles. The Morgan fingerprint density at radius 2 is 1.62 bits per heavy atom. The highest BCUT2D eigenvalue weighted by Gasteiger charge is 2.30. The Bertz CT molecular complexity index is 1080. The van der Waals surface area contributed by atoms with Crippen LogP contribution in [0, 0.1) is 0 Å². The van der Waals surface area contributed by atoms with Gasteiger partial charge in [0.05, 0.1) is 0 Å². The summed E-state index contributed by atoms with van der Waals surface area (Å²) in [4.78, 5) is 29.4. The van der Waals surface area contributed by atoms with Gasteiger partial charge in [-0.3, -0.25) is 9.59 Å². The number of nitrogens with zero attached hydrogens (tertiary/aromatic N) is 1. The molecule has 178 valence electrons. The molecule has 1 N–H and O–H groups in total. The molecule has 0 fully saturated rings. The van der Waals surface area contributed by atoms with Gasteiger partial charge in [-0.05, 0) is 48.4 Å². The number of thioether (sulfide) groups is 1. The van der Waals surface area contributed by atoms with Crippen molar-refractivity contribution >= 4 is 46.8 Å². The average Bonchev–Trinajstić information content (AvgIpc) is 2.84. The number of carbonyl (C=O) groups is 2. The molecule has 0 unspecified atom stereocenters. The molecule has 2 amide bonds. The van der Waals surface area contributed by atoms with Gasteiger partial charge in [-0.25, -0.2) is 0 Å². The number of hydrogen-bond donors (Lipinski definition) is 1. The van der Waals surface area contributed by atoms with Gasteiger partial charge in [0, 0.05) is 46.6 Å². The molecule has 3 rings (SSSR count). The lowest BCUT2D eigenvalue weighted by Gasteiger charge is -2.31. The summed E-state index contributed by atoms with van der Waals surface area (Å²) in [6, 6.07) is 24.1. The molecule has 0 heterocycles. The van der Waals surface area contributed by atoms with E-state index in [1.165, 1.54) is 0 Å². The predicted octanol–water partition coefficient (Wildman–Crippen LogP) is 6.25. The van der Waals surface area contributed by atoms with E-state index in [1.807, 2.05) is 79.7 Å². The van der Waals surface area contributed by atoms with Crippen LogP contribution >= 0.6 is 35.0 Å². The van der Waals surface area contributed by atoms with E-state index in [0.717, 1.165) is 16.0 Å². The van der Waals surface area contributed by atoms with Gasteiger partial charge in [0.25, 0.3) is 0 Å². The third kappa shape index (κ3) is 7.79. The Morgan fingerprint density at radius 3 is 2.29 bits per heavy atom. The lowest BCUT2D eigenvalue weighted by Crippen LogP contribution is -2.50. The molecule has 7 heteroatoms. The third-order valence-corrected chi connectivity index (χ3v) is 6.95. The largest absolute Gasteiger partial charge is 0.355 e. The zero-order chi connectivity index (χ0) is 24.3. The van der Waals surface area contributed by atoms with Crippen molar-refractivity contribution in [1.29, 1.82) is 0 Å². The van der Waals surface area contributed by atoms with Gasteiger partial charge in [0.15, 0.2) is 0 Å². The topological polar surface area (TPSA) is 49.4 Å². The lowest BCUT2D eigenvalue weighted by molar-refractivity contribution is -0.140. The lowest BCUT2D eigenvalue weighted by atomic mass is 10.0. The summed E-state index contributed by atoms with van der Waals surface area (Å²) >= 11 is 14.0. The van der Waals surface area contributed by atoms with Gasteiger partial charge >= 0.3 is 0 Å². The van der Waals surface area contributed by atoms with E-state index < -0.39 is 6.04 Å². The van der Waals surface area contributed by atoms with Crippen LogP contribution in [0.1, 0.15) is 24.5 Å². The second kappa shape index (κ2) is 13.4. The molecule has 34 heavy (non-hydrogen) atoms. The second-order valence-electron chi connectivity index (χ2n) is 7.77. The number of nitrogens with one attached hydrogen (secondary N) is 1. The minimum atomic E-state index is -0.647. The summed E-state index contributed by atoms with van der Waals surface area (Å²) in [5, 5.41) is 4.16. The fourth-order valence-electron chi connectivity index (χ4n) is 3.59. The van der Waals surface area contributed by atoms with Crippen LogP contribution in [0.4, 0.5) is 0 Å². The summed E-state index contributed by atoms with van der Waals surface area (Å²) in [5.41, 5.74) is 1.80. The third-order valence-electron chi connectivity index (χ3n) is 5.32. The van der Waals surface area contributed by atoms with Gasteiger partial charge in [0.2, 0.25) is 11.8 Å². The zero-order valence-electron chi connectivity index (χ0n) is 19.0. The van der Waals surface area contributed by atoms with Crippen molar-refractivity contribution in [3.8, 4) is 0 Å². The maximum absolute atomic E-state index is 13.5. The van der Waals surface area contributed by atoms with E-state index in [1.54, 1.807) is 22.7 Å². The normalized spacial score (nSPS) is 11.6. The highest BCUT2D eigenvalue weighted by molar-refractivity contribution is 7.99. The first kappa shape index (κ1) is 26.1. The second-order valence-corrected chi connectivity index (χ2v) is 9.78. The van der Waals surface area contributed by atoms with Gasteiger partial charge < -0.3 is 10.2 Å². The summed E-state index contributed by atoms with van der Waals surface area (Å²) in [5.74, 6) is 0.332. The van der Waals surface area contributed by atoms with Gasteiger partial charge in [-0.1, -0.05) is 71.7 Å². The maximum atomic E-state index is 13.5. The zero-order valence-corrected chi connectivity index (χ0v) is 21.4. The fraction of sp³-hybridized carbons (Fsp3) is 0.259. The van der Waals surface area contributed by atoms with E-state index in [0.29, 0.717) is 35.2 Å². The number of likely N-dealkylation sites (N-methyl/N-ethyl adjacent to an activating group) is 1. The quantitative estimate of drug-likeness (QED) is 0.307. The van der Waals surface area contributed by atoms with E-state index >= 15 is 0 Å². The number of halogens is 2. The van der Waals surface area contributed by atoms with Crippen LogP contribution in [0.2, 0.25) is 10.0 Å². The van der Waals surface area contributed by atoms with Crippen LogP contribution in [-0.4, -0.2) is 35.1 Å². The molecule has 0 aromatic heterocycles. The molecule has 0 spiro atoms. The number of rotatable bonds is 11. The average molecular weight is 516 g/mol. The van der Waals surface area contributed by atoms with E-state index in [4.69, 9.17) is 23.2 Å². The van der Waals surface area contributed by atoms with Crippen molar-refractivity contribution in [2.75, 3.05) is 12.3 Å². The number of benzene rings is 3. The number of amides is 2. The number of hydrogen-bond acceptors (Lipinski definition) is 3. The monoisotopic (exact) mass is 514 g/mol. The summed E-state index contributed by atoms with van der Waals surface area (Å²) in [6.07, 6.45) is 0.718. The first-order valence-electron chi connectivity index (χ1n) is 11.2. The van der Waals surface area contributed by atoms with Crippen LogP contribution in [0.25, 0.3) is 0 Å².